The van der Waals surface area contributed by atoms with Crippen LogP contribution in [0.25, 0.3) is 44.5 Å². The van der Waals surface area contributed by atoms with E-state index in [4.69, 9.17) is 5.73 Å². The molecule has 1 aliphatic rings. The largest absolute Gasteiger partial charge is 0.398 e. The molecule has 2 N–H and O–H groups in total. The van der Waals surface area contributed by atoms with Crippen molar-refractivity contribution in [2.75, 3.05) is 5.73 Å². The molecule has 0 spiro atoms. The average Bonchev–Trinajstić information content (AvgIpc) is 3.22. The average molecular weight is 606 g/mol. The molecule has 0 aliphatic heterocycles. The molecule has 0 radical (unpaired) electrons. The van der Waals surface area contributed by atoms with Gasteiger partial charge in [0.1, 0.15) is 0 Å². The Balaban J connectivity index is 1.55. The normalized spacial score (nSPS) is 14.2. The van der Waals surface area contributed by atoms with Crippen molar-refractivity contribution in [3.63, 3.8) is 0 Å². The van der Waals surface area contributed by atoms with Gasteiger partial charge in [-0.2, -0.15) is 0 Å². The number of anilines is 1. The molecule has 0 aromatic heterocycles. The molecule has 5 aromatic rings. The van der Waals surface area contributed by atoms with Gasteiger partial charge in [0.05, 0.1) is 0 Å². The third-order valence-electron chi connectivity index (χ3n) is 10.0. The van der Waals surface area contributed by atoms with Crippen molar-refractivity contribution >= 4 is 5.69 Å². The summed E-state index contributed by atoms with van der Waals surface area (Å²) in [6.45, 7) is 25.5. The summed E-state index contributed by atoms with van der Waals surface area (Å²) in [5.41, 5.74) is 24.3. The topological polar surface area (TPSA) is 26.0 Å². The highest BCUT2D eigenvalue weighted by atomic mass is 14.6. The number of hydrogen-bond donors (Lipinski definition) is 1. The lowest BCUT2D eigenvalue weighted by Gasteiger charge is -2.27. The van der Waals surface area contributed by atoms with E-state index in [2.05, 4.69) is 173 Å². The Bertz CT molecular complexity index is 1930. The third-order valence-corrected chi connectivity index (χ3v) is 10.0. The van der Waals surface area contributed by atoms with Crippen LogP contribution in [0.2, 0.25) is 0 Å². The van der Waals surface area contributed by atoms with Crippen LogP contribution in [0.15, 0.2) is 97.1 Å². The van der Waals surface area contributed by atoms with E-state index < -0.39 is 0 Å². The lowest BCUT2D eigenvalue weighted by Crippen LogP contribution is -2.17. The molecule has 0 bridgehead atoms. The van der Waals surface area contributed by atoms with Crippen molar-refractivity contribution in [3.05, 3.63) is 125 Å². The molecular formula is C45H51N. The van der Waals surface area contributed by atoms with Crippen LogP contribution in [0.5, 0.6) is 0 Å². The lowest BCUT2D eigenvalue weighted by atomic mass is 9.77. The summed E-state index contributed by atoms with van der Waals surface area (Å²) in [7, 11) is 0. The predicted molar refractivity (Wildman–Crippen MR) is 201 cm³/mol. The fraction of sp³-hybridized carbons (Fsp3) is 0.333. The van der Waals surface area contributed by atoms with E-state index in [1.54, 1.807) is 0 Å². The van der Waals surface area contributed by atoms with Gasteiger partial charge in [0, 0.05) is 16.7 Å². The highest BCUT2D eigenvalue weighted by Crippen LogP contribution is 2.53. The fourth-order valence-electron chi connectivity index (χ4n) is 7.11. The minimum atomic E-state index is -0.144. The molecule has 1 aliphatic carbocycles. The van der Waals surface area contributed by atoms with Crippen molar-refractivity contribution in [3.8, 4) is 44.5 Å². The lowest BCUT2D eigenvalue weighted by molar-refractivity contribution is 0.569. The summed E-state index contributed by atoms with van der Waals surface area (Å²) in [4.78, 5) is 0. The van der Waals surface area contributed by atoms with Crippen LogP contribution in [0.4, 0.5) is 5.69 Å². The summed E-state index contributed by atoms with van der Waals surface area (Å²) < 4.78 is 0. The number of hydrogen-bond acceptors (Lipinski definition) is 1. The Hall–Kier alpha value is -4.10. The summed E-state index contributed by atoms with van der Waals surface area (Å²) >= 11 is 0. The molecule has 0 fully saturated rings. The Kier molecular flexibility index (Phi) is 7.43. The quantitative estimate of drug-likeness (QED) is 0.203. The molecule has 1 heteroatoms. The summed E-state index contributed by atoms with van der Waals surface area (Å²) in [6, 6.07) is 36.5. The number of nitrogen functional groups attached to an aromatic ring is 1. The third kappa shape index (κ3) is 5.59. The van der Waals surface area contributed by atoms with Crippen LogP contribution in [0, 0.1) is 0 Å². The van der Waals surface area contributed by atoms with Gasteiger partial charge in [0.25, 0.3) is 0 Å². The molecule has 6 rings (SSSR count). The van der Waals surface area contributed by atoms with Crippen LogP contribution < -0.4 is 5.73 Å². The molecule has 0 saturated heterocycles. The predicted octanol–water partition coefficient (Wildman–Crippen LogP) is 12.5. The first-order valence-electron chi connectivity index (χ1n) is 16.8. The van der Waals surface area contributed by atoms with Crippen molar-refractivity contribution in [2.45, 2.75) is 97.8 Å². The first-order chi connectivity index (χ1) is 21.4. The monoisotopic (exact) mass is 605 g/mol. The van der Waals surface area contributed by atoms with E-state index >= 15 is 0 Å². The molecule has 1 nitrogen and oxygen atoms in total. The van der Waals surface area contributed by atoms with Crippen molar-refractivity contribution < 1.29 is 0 Å². The Morgan fingerprint density at radius 3 is 1.52 bits per heavy atom. The second kappa shape index (κ2) is 10.7. The first-order valence-corrected chi connectivity index (χ1v) is 16.8. The van der Waals surface area contributed by atoms with Crippen LogP contribution in [0.3, 0.4) is 0 Å². The second-order valence-electron chi connectivity index (χ2n) is 17.1. The van der Waals surface area contributed by atoms with E-state index in [1.165, 1.54) is 66.8 Å². The second-order valence-corrected chi connectivity index (χ2v) is 17.1. The van der Waals surface area contributed by atoms with Gasteiger partial charge in [-0.1, -0.05) is 155 Å². The Labute approximate surface area is 277 Å². The molecule has 46 heavy (non-hydrogen) atoms. The van der Waals surface area contributed by atoms with Crippen LogP contribution in [-0.4, -0.2) is 0 Å². The number of rotatable bonds is 3. The molecular weight excluding hydrogens is 555 g/mol. The molecule has 0 amide bonds. The number of benzene rings is 5. The zero-order valence-electron chi connectivity index (χ0n) is 29.8. The molecule has 5 aromatic carbocycles. The standard InChI is InChI=1S/C45H51N/c1-42(2,3)33-23-30(22-31(24-33)32-25-34(43(4,5)6)27-35(26-32)44(7,8)9)28-15-14-16-29(21-28)40-39(46)20-19-37-36-17-12-13-18-38(36)45(10,11)41(37)40/h12-27H,46H2,1-11H3. The maximum atomic E-state index is 6.85. The maximum Gasteiger partial charge on any atom is 0.0397 e. The molecule has 0 atom stereocenters. The summed E-state index contributed by atoms with van der Waals surface area (Å²) in [5, 5.41) is 0. The Morgan fingerprint density at radius 2 is 0.935 bits per heavy atom. The van der Waals surface area contributed by atoms with Gasteiger partial charge in [-0.15, -0.1) is 0 Å². The van der Waals surface area contributed by atoms with Crippen LogP contribution >= 0.6 is 0 Å². The van der Waals surface area contributed by atoms with Gasteiger partial charge in [-0.3, -0.25) is 0 Å². The van der Waals surface area contributed by atoms with Crippen LogP contribution in [0.1, 0.15) is 104 Å². The van der Waals surface area contributed by atoms with Gasteiger partial charge in [0.15, 0.2) is 0 Å². The highest BCUT2D eigenvalue weighted by Gasteiger charge is 2.38. The van der Waals surface area contributed by atoms with Crippen molar-refractivity contribution in [2.24, 2.45) is 0 Å². The van der Waals surface area contributed by atoms with Gasteiger partial charge in [-0.25, -0.2) is 0 Å². The van der Waals surface area contributed by atoms with Gasteiger partial charge in [0.2, 0.25) is 0 Å². The SMILES string of the molecule is CC(C)(C)c1cc(-c2cccc(-c3c(N)ccc4c3C(C)(C)c3ccccc3-4)c2)cc(-c2cc(C(C)(C)C)cc(C(C)(C)C)c2)c1. The zero-order chi connectivity index (χ0) is 33.4. The molecule has 0 heterocycles. The molecule has 236 valence electrons. The van der Waals surface area contributed by atoms with Gasteiger partial charge < -0.3 is 5.73 Å². The molecule has 0 saturated carbocycles. The van der Waals surface area contributed by atoms with E-state index in [0.29, 0.717) is 0 Å². The van der Waals surface area contributed by atoms with E-state index in [9.17, 15) is 0 Å². The number of nitrogens with two attached hydrogens (primary N) is 1. The minimum absolute atomic E-state index is 0.00263. The number of fused-ring (bicyclic) bond motifs is 3. The van der Waals surface area contributed by atoms with E-state index in [0.717, 1.165) is 11.3 Å². The van der Waals surface area contributed by atoms with Gasteiger partial charge >= 0.3 is 0 Å². The summed E-state index contributed by atoms with van der Waals surface area (Å²) in [5.74, 6) is 0. The minimum Gasteiger partial charge on any atom is -0.398 e. The fourth-order valence-corrected chi connectivity index (χ4v) is 7.11. The molecule has 0 unspecified atom stereocenters. The van der Waals surface area contributed by atoms with E-state index in [1.807, 2.05) is 0 Å². The zero-order valence-corrected chi connectivity index (χ0v) is 29.8. The smallest absolute Gasteiger partial charge is 0.0397 e. The highest BCUT2D eigenvalue weighted by molar-refractivity contribution is 5.94. The van der Waals surface area contributed by atoms with E-state index in [-0.39, 0.29) is 21.7 Å². The van der Waals surface area contributed by atoms with Crippen LogP contribution in [-0.2, 0) is 21.7 Å². The maximum absolute atomic E-state index is 6.85. The van der Waals surface area contributed by atoms with Gasteiger partial charge in [-0.05, 0) is 101 Å². The van der Waals surface area contributed by atoms with Crippen molar-refractivity contribution in [1.82, 2.24) is 0 Å². The van der Waals surface area contributed by atoms with Crippen molar-refractivity contribution in [1.29, 1.82) is 0 Å². The summed E-state index contributed by atoms with van der Waals surface area (Å²) in [6.07, 6.45) is 0. The first kappa shape index (κ1) is 31.9. The Morgan fingerprint density at radius 1 is 0.457 bits per heavy atom.